The maximum Gasteiger partial charge on any atom is 0.303 e. The first-order valence-electron chi connectivity index (χ1n) is 16.4. The second-order valence-electron chi connectivity index (χ2n) is 13.1. The van der Waals surface area contributed by atoms with Crippen LogP contribution >= 0.6 is 11.6 Å². The van der Waals surface area contributed by atoms with E-state index in [1.807, 2.05) is 0 Å². The van der Waals surface area contributed by atoms with Gasteiger partial charge in [0.2, 0.25) is 0 Å². The molecule has 4 aromatic heterocycles. The SMILES string of the molecule is C.C.CC[C@H]1CC[C@@]12O[C@@H](n1cnc3c(Cl)ncnc31)C(OC(C)=O)[C@H]2OC(C)=O.Nc1ncnc2c1ncn2[C@@H]1O[C@@]2(CC[C@@H]2CO)[C@H](O)C1O. The number of imidazole rings is 2. The first-order chi connectivity index (χ1) is 24.0. The molecule has 8 rings (SSSR count). The van der Waals surface area contributed by atoms with Gasteiger partial charge < -0.3 is 40.0 Å². The van der Waals surface area contributed by atoms with E-state index in [1.165, 1.54) is 39.2 Å². The number of nitrogen functional groups attached to an aromatic ring is 1. The van der Waals surface area contributed by atoms with E-state index in [2.05, 4.69) is 36.8 Å². The zero-order chi connectivity index (χ0) is 35.5. The van der Waals surface area contributed by atoms with Gasteiger partial charge in [-0.25, -0.2) is 29.9 Å². The Morgan fingerprint density at radius 3 is 2.04 bits per heavy atom. The van der Waals surface area contributed by atoms with Gasteiger partial charge in [-0.2, -0.15) is 0 Å². The molecule has 4 fully saturated rings. The second-order valence-corrected chi connectivity index (χ2v) is 13.5. The van der Waals surface area contributed by atoms with Gasteiger partial charge in [0.1, 0.15) is 47.1 Å². The van der Waals surface area contributed by atoms with E-state index < -0.39 is 60.0 Å². The molecule has 10 atom stereocenters. The van der Waals surface area contributed by atoms with Gasteiger partial charge in [-0.15, -0.1) is 0 Å². The summed E-state index contributed by atoms with van der Waals surface area (Å²) in [4.78, 5) is 48.3. The van der Waals surface area contributed by atoms with Crippen molar-refractivity contribution in [2.24, 2.45) is 11.8 Å². The fourth-order valence-electron chi connectivity index (χ4n) is 7.89. The zero-order valence-corrected chi connectivity index (χ0v) is 28.3. The highest BCUT2D eigenvalue weighted by molar-refractivity contribution is 6.33. The number of carbonyl (C=O) groups excluding carboxylic acids is 2. The van der Waals surface area contributed by atoms with Crippen LogP contribution in [0.4, 0.5) is 5.82 Å². The van der Waals surface area contributed by atoms with Crippen LogP contribution in [0.1, 0.15) is 80.2 Å². The molecule has 0 bridgehead atoms. The summed E-state index contributed by atoms with van der Waals surface area (Å²) in [5.41, 5.74) is 5.85. The summed E-state index contributed by atoms with van der Waals surface area (Å²) in [7, 11) is 0. The molecule has 2 aliphatic carbocycles. The highest BCUT2D eigenvalue weighted by Crippen LogP contribution is 2.56. The predicted octanol–water partition coefficient (Wildman–Crippen LogP) is 2.50. The van der Waals surface area contributed by atoms with E-state index in [-0.39, 0.29) is 44.3 Å². The maximum absolute atomic E-state index is 11.8. The number of nitrogens with two attached hydrogens (primary N) is 1. The number of aliphatic hydroxyl groups is 3. The molecule has 6 heterocycles. The average molecular weight is 748 g/mol. The van der Waals surface area contributed by atoms with Crippen LogP contribution in [0.15, 0.2) is 25.3 Å². The third-order valence-electron chi connectivity index (χ3n) is 10.6. The van der Waals surface area contributed by atoms with Crippen LogP contribution in [0.2, 0.25) is 5.15 Å². The first-order valence-corrected chi connectivity index (χ1v) is 16.8. The van der Waals surface area contributed by atoms with E-state index in [9.17, 15) is 24.9 Å². The number of carbonyl (C=O) groups is 2. The van der Waals surface area contributed by atoms with Gasteiger partial charge in [-0.1, -0.05) is 39.8 Å². The third kappa shape index (κ3) is 6.04. The van der Waals surface area contributed by atoms with Gasteiger partial charge in [0, 0.05) is 26.4 Å². The minimum Gasteiger partial charge on any atom is -0.455 e. The Morgan fingerprint density at radius 1 is 0.885 bits per heavy atom. The number of halogens is 1. The van der Waals surface area contributed by atoms with E-state index in [0.29, 0.717) is 35.2 Å². The summed E-state index contributed by atoms with van der Waals surface area (Å²) in [5.74, 6) is -0.696. The zero-order valence-electron chi connectivity index (χ0n) is 27.5. The van der Waals surface area contributed by atoms with Crippen LogP contribution < -0.4 is 5.73 Å². The average Bonchev–Trinajstić information content (AvgIpc) is 3.82. The van der Waals surface area contributed by atoms with Crippen molar-refractivity contribution in [1.29, 1.82) is 0 Å². The first kappa shape index (κ1) is 39.1. The molecule has 2 aliphatic heterocycles. The minimum atomic E-state index is -1.14. The summed E-state index contributed by atoms with van der Waals surface area (Å²) < 4.78 is 26.9. The number of hydrogen-bond donors (Lipinski definition) is 4. The molecule has 284 valence electrons. The lowest BCUT2D eigenvalue weighted by Gasteiger charge is -2.48. The summed E-state index contributed by atoms with van der Waals surface area (Å²) in [6.45, 7) is 4.63. The molecule has 19 heteroatoms. The Kier molecular flexibility index (Phi) is 11.1. The van der Waals surface area contributed by atoms with Crippen LogP contribution in [0.3, 0.4) is 0 Å². The van der Waals surface area contributed by atoms with Crippen LogP contribution in [-0.2, 0) is 28.5 Å². The number of ether oxygens (including phenoxy) is 4. The number of hydrogen-bond acceptors (Lipinski definition) is 16. The van der Waals surface area contributed by atoms with Crippen molar-refractivity contribution in [2.45, 2.75) is 116 Å². The van der Waals surface area contributed by atoms with Crippen LogP contribution in [0, 0.1) is 11.8 Å². The normalized spacial score (nSPS) is 33.1. The lowest BCUT2D eigenvalue weighted by Crippen LogP contribution is -2.57. The van der Waals surface area contributed by atoms with Crippen molar-refractivity contribution < 1.29 is 43.9 Å². The summed E-state index contributed by atoms with van der Waals surface area (Å²) in [5, 5.41) is 30.4. The summed E-state index contributed by atoms with van der Waals surface area (Å²) in [6, 6.07) is 0. The minimum absolute atomic E-state index is 0. The van der Waals surface area contributed by atoms with Crippen molar-refractivity contribution in [3.05, 3.63) is 30.5 Å². The van der Waals surface area contributed by atoms with Crippen molar-refractivity contribution in [2.75, 3.05) is 12.3 Å². The monoisotopic (exact) mass is 747 g/mol. The van der Waals surface area contributed by atoms with Crippen molar-refractivity contribution >= 4 is 51.7 Å². The Labute approximate surface area is 304 Å². The van der Waals surface area contributed by atoms with Crippen molar-refractivity contribution in [3.8, 4) is 0 Å². The molecule has 0 radical (unpaired) electrons. The number of nitrogens with zero attached hydrogens (tertiary/aromatic N) is 8. The van der Waals surface area contributed by atoms with Crippen LogP contribution in [0.5, 0.6) is 0 Å². The predicted molar refractivity (Wildman–Crippen MR) is 185 cm³/mol. The molecule has 18 nitrogen and oxygen atoms in total. The quantitative estimate of drug-likeness (QED) is 0.163. The molecule has 4 aromatic rings. The molecule has 0 aromatic carbocycles. The van der Waals surface area contributed by atoms with Crippen molar-refractivity contribution in [1.82, 2.24) is 39.0 Å². The number of esters is 2. The lowest BCUT2D eigenvalue weighted by atomic mass is 9.65. The Hall–Kier alpha value is -4.07. The van der Waals surface area contributed by atoms with Crippen molar-refractivity contribution in [3.63, 3.8) is 0 Å². The molecular weight excluding hydrogens is 702 g/mol. The molecular formula is C33H46ClN9O9. The molecule has 2 spiro atoms. The maximum atomic E-state index is 11.8. The van der Waals surface area contributed by atoms with Crippen LogP contribution in [-0.4, -0.2) is 109 Å². The van der Waals surface area contributed by atoms with Gasteiger partial charge in [-0.05, 0) is 31.6 Å². The topological polar surface area (TPSA) is 245 Å². The summed E-state index contributed by atoms with van der Waals surface area (Å²) >= 11 is 6.11. The molecule has 4 aliphatic rings. The molecule has 2 unspecified atom stereocenters. The number of rotatable bonds is 6. The number of fused-ring (bicyclic) bond motifs is 2. The number of aromatic nitrogens is 8. The van der Waals surface area contributed by atoms with Gasteiger partial charge in [-0.3, -0.25) is 18.7 Å². The summed E-state index contributed by atoms with van der Waals surface area (Å²) in [6.07, 6.45) is 4.16. The standard InChI is InChI=1S/C18H21ClN4O5.C13H17N5O4.2CH4/c1-4-11-5-6-18(11)14(27-10(3)25)13(26-9(2)24)17(28-18)23-8-22-12-15(19)20-7-21-16(12)23;14-10-7-11(16-4-15-10)18(5-17-7)12-8(20)9(21)13(22-12)2-1-6(13)3-19;;/h7-8,11,13-14,17H,4-6H2,1-3H3;4-6,8-9,12,19-21H,1-3H2,(H2,14,15,16);2*1H4/t11-,13?,14+,17+,18+;6-,8?,9-,12-,13-;;/m01../s1. The van der Waals surface area contributed by atoms with E-state index in [0.717, 1.165) is 19.3 Å². The van der Waals surface area contributed by atoms with E-state index in [1.54, 1.807) is 9.13 Å². The smallest absolute Gasteiger partial charge is 0.303 e. The Morgan fingerprint density at radius 2 is 1.46 bits per heavy atom. The molecule has 5 N–H and O–H groups in total. The van der Waals surface area contributed by atoms with Gasteiger partial charge >= 0.3 is 11.9 Å². The van der Waals surface area contributed by atoms with E-state index in [4.69, 9.17) is 36.3 Å². The number of anilines is 1. The Bertz CT molecular complexity index is 1920. The Balaban J connectivity index is 0.000000198. The molecule has 2 saturated heterocycles. The van der Waals surface area contributed by atoms with Gasteiger partial charge in [0.05, 0.1) is 12.7 Å². The van der Waals surface area contributed by atoms with E-state index >= 15 is 0 Å². The lowest BCUT2D eigenvalue weighted by molar-refractivity contribution is -0.200. The fourth-order valence-corrected chi connectivity index (χ4v) is 8.07. The largest absolute Gasteiger partial charge is 0.455 e. The molecule has 52 heavy (non-hydrogen) atoms. The fraction of sp³-hybridized carbons (Fsp3) is 0.636. The number of aliphatic hydroxyl groups excluding tert-OH is 3. The van der Waals surface area contributed by atoms with Gasteiger partial charge in [0.15, 0.2) is 46.9 Å². The highest BCUT2D eigenvalue weighted by Gasteiger charge is 2.66. The van der Waals surface area contributed by atoms with Gasteiger partial charge in [0.25, 0.3) is 0 Å². The second kappa shape index (κ2) is 14.7. The highest BCUT2D eigenvalue weighted by atomic mass is 35.5. The molecule has 2 saturated carbocycles. The van der Waals surface area contributed by atoms with Crippen LogP contribution in [0.25, 0.3) is 22.3 Å². The molecule has 0 amide bonds. The third-order valence-corrected chi connectivity index (χ3v) is 10.8.